The van der Waals surface area contributed by atoms with E-state index in [9.17, 15) is 14.7 Å². The fraction of sp³-hybridized carbons (Fsp3) is 0.375. The fourth-order valence-corrected chi connectivity index (χ4v) is 5.71. The van der Waals surface area contributed by atoms with Gasteiger partial charge in [-0.3, -0.25) is 14.5 Å². The molecule has 3 heterocycles. The van der Waals surface area contributed by atoms with E-state index in [1.165, 1.54) is 11.3 Å². The molecule has 1 atom stereocenters. The van der Waals surface area contributed by atoms with E-state index in [1.54, 1.807) is 6.07 Å². The number of nitrogens with zero attached hydrogens (tertiary/aromatic N) is 5. The quantitative estimate of drug-likeness (QED) is 0.114. The Labute approximate surface area is 266 Å². The van der Waals surface area contributed by atoms with Crippen LogP contribution in [0.15, 0.2) is 66.7 Å². The van der Waals surface area contributed by atoms with Gasteiger partial charge in [0.15, 0.2) is 5.82 Å². The van der Waals surface area contributed by atoms with Crippen molar-refractivity contribution in [1.29, 1.82) is 0 Å². The van der Waals surface area contributed by atoms with Crippen LogP contribution in [0.2, 0.25) is 0 Å². The number of ether oxygens (including phenoxy) is 1. The second-order valence-corrected chi connectivity index (χ2v) is 11.9. The van der Waals surface area contributed by atoms with E-state index in [4.69, 9.17) is 4.74 Å². The van der Waals surface area contributed by atoms with Crippen molar-refractivity contribution in [2.45, 2.75) is 44.8 Å². The number of aliphatic hydroxyl groups excluding tert-OH is 1. The number of benzene rings is 2. The molecule has 0 spiro atoms. The van der Waals surface area contributed by atoms with Crippen molar-refractivity contribution in [3.63, 3.8) is 0 Å². The van der Waals surface area contributed by atoms with Crippen molar-refractivity contribution in [2.75, 3.05) is 48.8 Å². The highest BCUT2D eigenvalue weighted by Gasteiger charge is 2.15. The Morgan fingerprint density at radius 2 is 1.67 bits per heavy atom. The van der Waals surface area contributed by atoms with E-state index in [0.717, 1.165) is 60.6 Å². The maximum Gasteiger partial charge on any atom is 0.238 e. The Morgan fingerprint density at radius 3 is 2.47 bits per heavy atom. The van der Waals surface area contributed by atoms with Crippen LogP contribution in [0.25, 0.3) is 0 Å². The van der Waals surface area contributed by atoms with Crippen LogP contribution in [-0.4, -0.2) is 81.3 Å². The van der Waals surface area contributed by atoms with Crippen LogP contribution in [0, 0.1) is 0 Å². The number of anilines is 3. The van der Waals surface area contributed by atoms with Gasteiger partial charge in [0.25, 0.3) is 0 Å². The molecule has 1 aliphatic heterocycles. The molecule has 0 radical (unpaired) electrons. The minimum Gasteiger partial charge on any atom is -0.379 e. The number of hydrogen-bond acceptors (Lipinski definition) is 11. The largest absolute Gasteiger partial charge is 0.379 e. The molecule has 45 heavy (non-hydrogen) atoms. The van der Waals surface area contributed by atoms with Gasteiger partial charge in [0.1, 0.15) is 11.2 Å². The Bertz CT molecular complexity index is 1510. The van der Waals surface area contributed by atoms with Gasteiger partial charge in [0.05, 0.1) is 31.9 Å². The lowest BCUT2D eigenvalue weighted by Crippen LogP contribution is -2.41. The first kappa shape index (κ1) is 32.1. The third kappa shape index (κ3) is 11.0. The first-order chi connectivity index (χ1) is 22.0. The Kier molecular flexibility index (Phi) is 11.9. The zero-order valence-corrected chi connectivity index (χ0v) is 25.8. The monoisotopic (exact) mass is 630 g/mol. The zero-order chi connectivity index (χ0) is 31.3. The average Bonchev–Trinajstić information content (AvgIpc) is 3.48. The van der Waals surface area contributed by atoms with Crippen molar-refractivity contribution in [1.82, 2.24) is 25.3 Å². The number of aliphatic hydroxyl groups is 1. The van der Waals surface area contributed by atoms with Gasteiger partial charge in [0.2, 0.25) is 16.9 Å². The second-order valence-electron chi connectivity index (χ2n) is 10.8. The normalized spacial score (nSPS) is 14.1. The molecule has 2 aromatic heterocycles. The molecular formula is C32H38N8O4S. The van der Waals surface area contributed by atoms with Crippen molar-refractivity contribution < 1.29 is 19.4 Å². The van der Waals surface area contributed by atoms with Gasteiger partial charge < -0.3 is 25.8 Å². The molecule has 1 unspecified atom stereocenters. The van der Waals surface area contributed by atoms with Crippen LogP contribution >= 0.6 is 11.3 Å². The SMILES string of the molecule is O=C(CN1CCOCC1)Nc1cccc(CC(O)Nc2nnc(CCCCc3ccc(NC(=O)Cc4ccccc4)nn3)s2)c1. The van der Waals surface area contributed by atoms with Crippen LogP contribution < -0.4 is 16.0 Å². The summed E-state index contributed by atoms with van der Waals surface area (Å²) in [6, 6.07) is 20.7. The predicted molar refractivity (Wildman–Crippen MR) is 173 cm³/mol. The minimum absolute atomic E-state index is 0.0694. The number of aryl methyl sites for hydroxylation is 2. The van der Waals surface area contributed by atoms with E-state index in [0.29, 0.717) is 42.8 Å². The summed E-state index contributed by atoms with van der Waals surface area (Å²) in [4.78, 5) is 26.7. The molecule has 1 saturated heterocycles. The van der Waals surface area contributed by atoms with Crippen LogP contribution in [0.1, 0.15) is 34.7 Å². The Morgan fingerprint density at radius 1 is 0.867 bits per heavy atom. The molecule has 2 amide bonds. The van der Waals surface area contributed by atoms with Crippen LogP contribution in [0.5, 0.6) is 0 Å². The second kappa shape index (κ2) is 16.7. The van der Waals surface area contributed by atoms with Gasteiger partial charge in [-0.25, -0.2) is 0 Å². The topological polar surface area (TPSA) is 154 Å². The molecule has 12 nitrogen and oxygen atoms in total. The first-order valence-electron chi connectivity index (χ1n) is 15.1. The Hall–Kier alpha value is -4.30. The number of unbranched alkanes of at least 4 members (excludes halogenated alkanes) is 1. The Balaban J connectivity index is 0.986. The molecule has 4 N–H and O–H groups in total. The van der Waals surface area contributed by atoms with Gasteiger partial charge in [-0.05, 0) is 54.7 Å². The lowest BCUT2D eigenvalue weighted by Gasteiger charge is -2.25. The summed E-state index contributed by atoms with van der Waals surface area (Å²) in [7, 11) is 0. The molecule has 4 aromatic rings. The first-order valence-corrected chi connectivity index (χ1v) is 15.9. The molecule has 0 aliphatic carbocycles. The van der Waals surface area contributed by atoms with Crippen molar-refractivity contribution in [2.24, 2.45) is 0 Å². The van der Waals surface area contributed by atoms with Crippen LogP contribution in [-0.2, 0) is 40.0 Å². The predicted octanol–water partition coefficient (Wildman–Crippen LogP) is 3.32. The summed E-state index contributed by atoms with van der Waals surface area (Å²) in [5.41, 5.74) is 3.39. The van der Waals surface area contributed by atoms with Crippen molar-refractivity contribution >= 4 is 39.8 Å². The molecule has 0 bridgehead atoms. The average molecular weight is 631 g/mol. The lowest BCUT2D eigenvalue weighted by molar-refractivity contribution is -0.118. The highest BCUT2D eigenvalue weighted by Crippen LogP contribution is 2.20. The van der Waals surface area contributed by atoms with E-state index in [2.05, 4.69) is 41.2 Å². The number of hydrogen-bond donors (Lipinski definition) is 4. The highest BCUT2D eigenvalue weighted by molar-refractivity contribution is 7.15. The molecule has 2 aromatic carbocycles. The van der Waals surface area contributed by atoms with Gasteiger partial charge >= 0.3 is 0 Å². The van der Waals surface area contributed by atoms with Crippen LogP contribution in [0.4, 0.5) is 16.6 Å². The van der Waals surface area contributed by atoms with Gasteiger partial charge in [-0.15, -0.1) is 15.3 Å². The molecule has 0 saturated carbocycles. The van der Waals surface area contributed by atoms with Crippen LogP contribution in [0.3, 0.4) is 0 Å². The third-order valence-corrected chi connectivity index (χ3v) is 8.05. The maximum atomic E-state index is 12.4. The molecule has 236 valence electrons. The molecule has 5 rings (SSSR count). The summed E-state index contributed by atoms with van der Waals surface area (Å²) in [5.74, 6) is 0.242. The lowest BCUT2D eigenvalue weighted by atomic mass is 10.1. The maximum absolute atomic E-state index is 12.4. The van der Waals surface area contributed by atoms with Gasteiger partial charge in [-0.1, -0.05) is 53.8 Å². The summed E-state index contributed by atoms with van der Waals surface area (Å²) < 4.78 is 5.33. The summed E-state index contributed by atoms with van der Waals surface area (Å²) in [6.07, 6.45) is 3.12. The standard InChI is InChI=1S/C32H38N8O4S/c41-28(20-23-7-2-1-3-8-23)34-27-14-13-25(36-37-27)10-4-5-12-31-38-39-32(45-31)35-29(42)21-24-9-6-11-26(19-24)33-30(43)22-40-15-17-44-18-16-40/h1-3,6-9,11,13-14,19,29,42H,4-5,10,12,15-18,20-22H2,(H,33,43)(H,35,39)(H,34,37,41). The fourth-order valence-electron chi connectivity index (χ4n) is 4.88. The van der Waals surface area contributed by atoms with Crippen molar-refractivity contribution in [3.05, 3.63) is 88.6 Å². The van der Waals surface area contributed by atoms with Crippen molar-refractivity contribution in [3.8, 4) is 0 Å². The number of aromatic nitrogens is 4. The number of morpholine rings is 1. The van der Waals surface area contributed by atoms with E-state index in [1.807, 2.05) is 60.7 Å². The summed E-state index contributed by atoms with van der Waals surface area (Å²) in [6.45, 7) is 3.13. The minimum atomic E-state index is -0.852. The number of carbonyl (C=O) groups excluding carboxylic acids is 2. The van der Waals surface area contributed by atoms with Gasteiger partial charge in [0, 0.05) is 31.6 Å². The van der Waals surface area contributed by atoms with E-state index < -0.39 is 6.23 Å². The number of nitrogens with one attached hydrogen (secondary N) is 3. The molecule has 1 fully saturated rings. The van der Waals surface area contributed by atoms with Gasteiger partial charge in [-0.2, -0.15) is 5.10 Å². The van der Waals surface area contributed by atoms with E-state index in [-0.39, 0.29) is 18.2 Å². The third-order valence-electron chi connectivity index (χ3n) is 7.14. The number of carbonyl (C=O) groups is 2. The zero-order valence-electron chi connectivity index (χ0n) is 25.0. The highest BCUT2D eigenvalue weighted by atomic mass is 32.1. The summed E-state index contributed by atoms with van der Waals surface area (Å²) >= 11 is 1.42. The number of rotatable bonds is 15. The number of amides is 2. The molecule has 13 heteroatoms. The van der Waals surface area contributed by atoms with E-state index >= 15 is 0 Å². The molecular weight excluding hydrogens is 592 g/mol. The summed E-state index contributed by atoms with van der Waals surface area (Å²) in [5, 5.41) is 37.6. The molecule has 1 aliphatic rings. The smallest absolute Gasteiger partial charge is 0.238 e.